The molecule has 1 nitrogen and oxygen atoms in total. The molecule has 0 amide bonds. The first kappa shape index (κ1) is 15.4. The number of hydrogen-bond acceptors (Lipinski definition) is 1. The maximum atomic E-state index is 13.7. The van der Waals surface area contributed by atoms with Crippen molar-refractivity contribution >= 4 is 0 Å². The SMILES string of the molecule is CC(C)CC(F)(F)Oc1cccc(-c2cccc(F)c2)c1. The van der Waals surface area contributed by atoms with Gasteiger partial charge < -0.3 is 4.74 Å². The minimum Gasteiger partial charge on any atom is -0.433 e. The lowest BCUT2D eigenvalue weighted by Crippen LogP contribution is -2.26. The fourth-order valence-corrected chi connectivity index (χ4v) is 2.10. The van der Waals surface area contributed by atoms with E-state index < -0.39 is 6.11 Å². The second kappa shape index (κ2) is 6.20. The summed E-state index contributed by atoms with van der Waals surface area (Å²) in [5.74, 6) is -0.474. The van der Waals surface area contributed by atoms with Crippen molar-refractivity contribution in [2.75, 3.05) is 0 Å². The molecule has 112 valence electrons. The summed E-state index contributed by atoms with van der Waals surface area (Å²) in [6.07, 6.45) is -3.56. The molecule has 0 heterocycles. The van der Waals surface area contributed by atoms with E-state index in [1.807, 2.05) is 0 Å². The Kier molecular flexibility index (Phi) is 4.56. The van der Waals surface area contributed by atoms with Crippen molar-refractivity contribution in [3.63, 3.8) is 0 Å². The molecule has 0 aromatic heterocycles. The molecule has 0 fully saturated rings. The molecule has 4 heteroatoms. The van der Waals surface area contributed by atoms with Crippen LogP contribution >= 0.6 is 0 Å². The van der Waals surface area contributed by atoms with E-state index in [4.69, 9.17) is 4.74 Å². The van der Waals surface area contributed by atoms with E-state index >= 15 is 0 Å². The molecule has 0 unspecified atom stereocenters. The van der Waals surface area contributed by atoms with E-state index in [-0.39, 0.29) is 23.9 Å². The molecule has 0 saturated carbocycles. The van der Waals surface area contributed by atoms with Crippen molar-refractivity contribution in [2.24, 2.45) is 5.92 Å². The van der Waals surface area contributed by atoms with Gasteiger partial charge in [0.15, 0.2) is 0 Å². The van der Waals surface area contributed by atoms with Gasteiger partial charge in [-0.25, -0.2) is 4.39 Å². The predicted molar refractivity (Wildman–Crippen MR) is 76.9 cm³/mol. The van der Waals surface area contributed by atoms with Gasteiger partial charge in [-0.2, -0.15) is 8.78 Å². The van der Waals surface area contributed by atoms with Gasteiger partial charge in [0.2, 0.25) is 0 Å². The third-order valence-electron chi connectivity index (χ3n) is 2.91. The summed E-state index contributed by atoms with van der Waals surface area (Å²) < 4.78 is 45.3. The summed E-state index contributed by atoms with van der Waals surface area (Å²) in [5.41, 5.74) is 1.25. The van der Waals surface area contributed by atoms with E-state index in [0.29, 0.717) is 11.1 Å². The average Bonchev–Trinajstić information content (AvgIpc) is 2.36. The number of hydrogen-bond donors (Lipinski definition) is 0. The Hall–Kier alpha value is -1.97. The zero-order chi connectivity index (χ0) is 15.5. The Bertz CT molecular complexity index is 608. The Morgan fingerprint density at radius 1 is 1.00 bits per heavy atom. The third-order valence-corrected chi connectivity index (χ3v) is 2.91. The van der Waals surface area contributed by atoms with Crippen LogP contribution in [0.15, 0.2) is 48.5 Å². The van der Waals surface area contributed by atoms with Crippen LogP contribution < -0.4 is 4.74 Å². The van der Waals surface area contributed by atoms with Gasteiger partial charge in [0.05, 0.1) is 6.42 Å². The van der Waals surface area contributed by atoms with Crippen molar-refractivity contribution in [1.82, 2.24) is 0 Å². The molecule has 0 saturated heterocycles. The van der Waals surface area contributed by atoms with Crippen molar-refractivity contribution in [3.8, 4) is 16.9 Å². The van der Waals surface area contributed by atoms with Crippen molar-refractivity contribution < 1.29 is 17.9 Å². The summed E-state index contributed by atoms with van der Waals surface area (Å²) in [7, 11) is 0. The van der Waals surface area contributed by atoms with Gasteiger partial charge in [-0.15, -0.1) is 0 Å². The van der Waals surface area contributed by atoms with E-state index in [1.54, 1.807) is 38.1 Å². The molecule has 2 aromatic carbocycles. The van der Waals surface area contributed by atoms with E-state index in [9.17, 15) is 13.2 Å². The van der Waals surface area contributed by atoms with Crippen LogP contribution in [0.2, 0.25) is 0 Å². The molecular formula is C17H17F3O. The standard InChI is InChI=1S/C17H17F3O/c1-12(2)11-17(19,20)21-16-8-4-6-14(10-16)13-5-3-7-15(18)9-13/h3-10,12H,11H2,1-2H3. The second-order valence-electron chi connectivity index (χ2n) is 5.38. The minimum atomic E-state index is -3.21. The lowest BCUT2D eigenvalue weighted by molar-refractivity contribution is -0.186. The first-order valence-electron chi connectivity index (χ1n) is 6.78. The van der Waals surface area contributed by atoms with Gasteiger partial charge in [0, 0.05) is 0 Å². The van der Waals surface area contributed by atoms with Crippen LogP contribution in [-0.4, -0.2) is 6.11 Å². The van der Waals surface area contributed by atoms with Crippen LogP contribution in [0.25, 0.3) is 11.1 Å². The van der Waals surface area contributed by atoms with Crippen LogP contribution in [0.1, 0.15) is 20.3 Å². The van der Waals surface area contributed by atoms with Crippen LogP contribution in [0.3, 0.4) is 0 Å². The highest BCUT2D eigenvalue weighted by Crippen LogP contribution is 2.30. The molecule has 2 rings (SSSR count). The highest BCUT2D eigenvalue weighted by molar-refractivity contribution is 5.65. The molecule has 0 aliphatic heterocycles. The van der Waals surface area contributed by atoms with E-state index in [2.05, 4.69) is 0 Å². The van der Waals surface area contributed by atoms with Gasteiger partial charge in [-0.3, -0.25) is 0 Å². The Labute approximate surface area is 122 Å². The van der Waals surface area contributed by atoms with Gasteiger partial charge in [0.25, 0.3) is 0 Å². The summed E-state index contributed by atoms with van der Waals surface area (Å²) in [6, 6.07) is 12.3. The van der Waals surface area contributed by atoms with Crippen molar-refractivity contribution in [2.45, 2.75) is 26.4 Å². The third kappa shape index (κ3) is 4.52. The highest BCUT2D eigenvalue weighted by atomic mass is 19.3. The quantitative estimate of drug-likeness (QED) is 0.706. The molecule has 0 bridgehead atoms. The number of rotatable bonds is 5. The summed E-state index contributed by atoms with van der Waals surface area (Å²) in [4.78, 5) is 0. The minimum absolute atomic E-state index is 0.0717. The normalized spacial score (nSPS) is 11.7. The molecule has 0 radical (unpaired) electrons. The topological polar surface area (TPSA) is 9.23 Å². The van der Waals surface area contributed by atoms with Crippen LogP contribution in [0.5, 0.6) is 5.75 Å². The fraction of sp³-hybridized carbons (Fsp3) is 0.294. The van der Waals surface area contributed by atoms with Crippen LogP contribution in [0.4, 0.5) is 13.2 Å². The number of halogens is 3. The average molecular weight is 294 g/mol. The lowest BCUT2D eigenvalue weighted by Gasteiger charge is -2.20. The number of ether oxygens (including phenoxy) is 1. The Balaban J connectivity index is 2.22. The fourth-order valence-electron chi connectivity index (χ4n) is 2.10. The smallest absolute Gasteiger partial charge is 0.398 e. The first-order chi connectivity index (χ1) is 9.85. The van der Waals surface area contributed by atoms with Crippen molar-refractivity contribution in [3.05, 3.63) is 54.3 Å². The van der Waals surface area contributed by atoms with Crippen LogP contribution in [0, 0.1) is 11.7 Å². The summed E-state index contributed by atoms with van der Waals surface area (Å²) in [6.45, 7) is 3.42. The molecular weight excluding hydrogens is 277 g/mol. The van der Waals surface area contributed by atoms with Gasteiger partial charge in [0.1, 0.15) is 11.6 Å². The molecule has 0 atom stereocenters. The van der Waals surface area contributed by atoms with Crippen molar-refractivity contribution in [1.29, 1.82) is 0 Å². The zero-order valence-electron chi connectivity index (χ0n) is 11.9. The first-order valence-corrected chi connectivity index (χ1v) is 6.78. The van der Waals surface area contributed by atoms with E-state index in [1.165, 1.54) is 24.3 Å². The van der Waals surface area contributed by atoms with Gasteiger partial charge >= 0.3 is 6.11 Å². The molecule has 0 spiro atoms. The molecule has 21 heavy (non-hydrogen) atoms. The summed E-state index contributed by atoms with van der Waals surface area (Å²) in [5, 5.41) is 0. The molecule has 0 N–H and O–H groups in total. The maximum absolute atomic E-state index is 13.7. The molecule has 2 aromatic rings. The van der Waals surface area contributed by atoms with E-state index in [0.717, 1.165) is 0 Å². The zero-order valence-corrected chi connectivity index (χ0v) is 11.9. The summed E-state index contributed by atoms with van der Waals surface area (Å²) >= 11 is 0. The molecule has 0 aliphatic carbocycles. The molecule has 0 aliphatic rings. The van der Waals surface area contributed by atoms with Gasteiger partial charge in [-0.05, 0) is 41.3 Å². The second-order valence-corrected chi connectivity index (χ2v) is 5.38. The van der Waals surface area contributed by atoms with Crippen LogP contribution in [-0.2, 0) is 0 Å². The highest BCUT2D eigenvalue weighted by Gasteiger charge is 2.32. The Morgan fingerprint density at radius 2 is 1.62 bits per heavy atom. The maximum Gasteiger partial charge on any atom is 0.398 e. The Morgan fingerprint density at radius 3 is 2.24 bits per heavy atom. The van der Waals surface area contributed by atoms with Gasteiger partial charge in [-0.1, -0.05) is 38.1 Å². The lowest BCUT2D eigenvalue weighted by atomic mass is 10.1. The number of alkyl halides is 2. The monoisotopic (exact) mass is 294 g/mol. The predicted octanol–water partition coefficient (Wildman–Crippen LogP) is 5.51. The number of benzene rings is 2. The largest absolute Gasteiger partial charge is 0.433 e.